The van der Waals surface area contributed by atoms with Crippen molar-refractivity contribution in [1.82, 2.24) is 70.5 Å². The molecule has 4 amide bonds. The number of ether oxygens (including phenoxy) is 9. The molecule has 1 aliphatic carbocycles. The number of carbonyl (C=O) groups is 8. The number of esters is 1. The smallest absolute Gasteiger partial charge is 0.407 e. The fourth-order valence-electron chi connectivity index (χ4n) is 16.5. The number of nitrogens with one attached hydrogen (secondary N) is 4. The summed E-state index contributed by atoms with van der Waals surface area (Å²) in [6, 6.07) is 2.77. The maximum Gasteiger partial charge on any atom is 0.407 e. The molecule has 0 aromatic carbocycles. The van der Waals surface area contributed by atoms with E-state index in [0.717, 1.165) is 35.0 Å². The van der Waals surface area contributed by atoms with Crippen molar-refractivity contribution in [2.24, 2.45) is 23.7 Å². The van der Waals surface area contributed by atoms with Crippen molar-refractivity contribution in [3.8, 4) is 11.3 Å². The van der Waals surface area contributed by atoms with E-state index in [9.17, 15) is 48.6 Å². The molecule has 8 N–H and O–H groups in total. The number of H-pyrrole nitrogens is 1. The fraction of sp³-hybridized carbons (Fsp3) is 0.600. The van der Waals surface area contributed by atoms with Crippen molar-refractivity contribution >= 4 is 86.9 Å². The number of aromatic nitrogens is 10. The minimum atomic E-state index is -2.44. The first kappa shape index (κ1) is 96.2. The molecule has 684 valence electrons. The van der Waals surface area contributed by atoms with E-state index in [4.69, 9.17) is 53.5 Å². The molecule has 5 aliphatic rings. The number of aromatic amines is 1. The summed E-state index contributed by atoms with van der Waals surface area (Å²) in [7, 11) is 3.12. The first-order chi connectivity index (χ1) is 60.9. The molecular formula is C90H125N17O19. The number of amides is 4. The van der Waals surface area contributed by atoms with Crippen LogP contribution in [0.4, 0.5) is 22.5 Å². The van der Waals surface area contributed by atoms with Gasteiger partial charge in [0.05, 0.1) is 88.2 Å². The van der Waals surface area contributed by atoms with Gasteiger partial charge in [-0.1, -0.05) is 57.2 Å². The number of Topliss-reactive ketones (excluding diaryl/α,β-unsaturated/α-hetero) is 3. The van der Waals surface area contributed by atoms with Crippen molar-refractivity contribution in [3.05, 3.63) is 114 Å². The van der Waals surface area contributed by atoms with Crippen molar-refractivity contribution in [2.45, 2.75) is 212 Å². The van der Waals surface area contributed by atoms with Gasteiger partial charge >= 0.3 is 12.1 Å². The van der Waals surface area contributed by atoms with Crippen LogP contribution in [0.3, 0.4) is 0 Å². The highest BCUT2D eigenvalue weighted by molar-refractivity contribution is 6.39. The average Bonchev–Trinajstić information content (AvgIpc) is 1.59. The van der Waals surface area contributed by atoms with Gasteiger partial charge in [0.2, 0.25) is 23.6 Å². The van der Waals surface area contributed by atoms with Gasteiger partial charge in [-0.05, 0) is 132 Å². The molecule has 10 heterocycles. The number of allylic oxidation sites excluding steroid dienone is 6. The minimum absolute atomic E-state index is 0.00568. The molecule has 36 heteroatoms. The van der Waals surface area contributed by atoms with Crippen LogP contribution in [0.2, 0.25) is 0 Å². The lowest BCUT2D eigenvalue weighted by atomic mass is 9.81. The normalized spacial score (nSPS) is 25.1. The molecule has 0 radical (unpaired) electrons. The van der Waals surface area contributed by atoms with E-state index >= 15 is 0 Å². The van der Waals surface area contributed by atoms with E-state index in [1.165, 1.54) is 23.6 Å². The second kappa shape index (κ2) is 48.5. The lowest BCUT2D eigenvalue weighted by Gasteiger charge is -2.39. The van der Waals surface area contributed by atoms with Gasteiger partial charge in [0.15, 0.2) is 5.65 Å². The average molecular weight is 1750 g/mol. The highest BCUT2D eigenvalue weighted by Gasteiger charge is 2.50. The number of piperidine rings is 1. The summed E-state index contributed by atoms with van der Waals surface area (Å²) < 4.78 is 54.3. The second-order valence-electron chi connectivity index (χ2n) is 33.3. The Kier molecular flexibility index (Phi) is 37.0. The number of pyridine rings is 1. The Morgan fingerprint density at radius 2 is 1.41 bits per heavy atom. The summed E-state index contributed by atoms with van der Waals surface area (Å²) in [5.41, 5.74) is 11.5. The number of nitrogen functional groups attached to an aromatic ring is 1. The zero-order valence-electron chi connectivity index (χ0n) is 73.5. The number of aryl methyl sites for hydroxylation is 1. The molecular weight excluding hydrogens is 1620 g/mol. The lowest BCUT2D eigenvalue weighted by Crippen LogP contribution is -2.58. The Morgan fingerprint density at radius 1 is 0.698 bits per heavy atom. The van der Waals surface area contributed by atoms with Gasteiger partial charge < -0.3 is 94.2 Å². The molecule has 3 saturated heterocycles. The third-order valence-electron chi connectivity index (χ3n) is 23.9. The number of nitrogens with zero attached hydrogens (tertiary/aromatic N) is 12. The molecule has 11 rings (SSSR count). The number of hydrogen-bond acceptors (Lipinski definition) is 30. The number of cyclic esters (lactones) is 1. The van der Waals surface area contributed by atoms with Crippen LogP contribution in [0.25, 0.3) is 33.3 Å². The second-order valence-corrected chi connectivity index (χ2v) is 33.3. The molecule has 126 heavy (non-hydrogen) atoms. The lowest BCUT2D eigenvalue weighted by molar-refractivity contribution is -0.245. The minimum Gasteiger partial charge on any atom is -0.460 e. The van der Waals surface area contributed by atoms with E-state index in [2.05, 4.69) is 55.8 Å². The molecule has 36 nitrogen and oxygen atoms in total. The topological polar surface area (TPSA) is 456 Å². The maximum absolute atomic E-state index is 14.6. The summed E-state index contributed by atoms with van der Waals surface area (Å²) in [5, 5.41) is 38.2. The van der Waals surface area contributed by atoms with E-state index in [-0.39, 0.29) is 113 Å². The molecule has 1 unspecified atom stereocenters. The van der Waals surface area contributed by atoms with Crippen LogP contribution in [0.1, 0.15) is 166 Å². The van der Waals surface area contributed by atoms with Crippen LogP contribution in [-0.4, -0.2) is 273 Å². The van der Waals surface area contributed by atoms with Crippen LogP contribution >= 0.6 is 0 Å². The third-order valence-corrected chi connectivity index (χ3v) is 23.9. The Hall–Kier alpha value is -10.4. The summed E-state index contributed by atoms with van der Waals surface area (Å²) in [5.74, 6) is -5.96. The number of anilines is 3. The monoisotopic (exact) mass is 1750 g/mol. The van der Waals surface area contributed by atoms with Crippen molar-refractivity contribution in [3.63, 3.8) is 0 Å². The zero-order chi connectivity index (χ0) is 89.5. The highest BCUT2D eigenvalue weighted by atomic mass is 16.6. The Balaban J connectivity index is 0.545. The Labute approximate surface area is 734 Å². The number of fused-ring (bicyclic) bond motifs is 5. The Bertz CT molecular complexity index is 4710. The van der Waals surface area contributed by atoms with Gasteiger partial charge in [-0.25, -0.2) is 49.2 Å². The maximum atomic E-state index is 14.6. The van der Waals surface area contributed by atoms with Crippen LogP contribution in [-0.2, 0) is 84.5 Å². The predicted molar refractivity (Wildman–Crippen MR) is 467 cm³/mol. The molecule has 4 aliphatic heterocycles. The molecule has 4 fully saturated rings. The van der Waals surface area contributed by atoms with Gasteiger partial charge in [-0.3, -0.25) is 28.8 Å². The third kappa shape index (κ3) is 28.0. The number of alkyl carbamates (subject to hydrolysis) is 1. The molecule has 0 spiro atoms. The standard InChI is InChI=1S/C90H125N17O19/c1-58-16-9-8-10-17-59(2)75(118-6)49-69-18-15-26-90(117,126-69)80(112)85(114)106-30-13-11-19-70(106)86(115)124-68(48-71(108)61(4)45-62(5)73(110)50-72(109)60(3)44-58)22-20-63-21-23-74(76(46-63)119-7)125-89(116)100-53-64-51-96-87(97-52-64)104-32-34-105(35-33-104)88-98-55-67(56-99-88)84(113)94-29-37-121-39-41-123-43-42-122-40-38-120-36-25-77(111)92-27-12-14-31-107-83-78(81(91)101-57-102-83)79(103-107)66-47-65-24-28-93-82(65)95-54-66/h8-10,16-17,24,28,45,47,51-52,54-58,60-61,63,68-70,73-76,110,117H,11-15,18-23,25-27,29-44,46,48-50,53H2,1-7H3,(H,92,111)(H,93,95)(H,94,113)(H,100,116)(H2,91,101,102)/b10-8?,16-9+,59-17?,62-45+/t58-,60-,61-,63-,68-,69?,70+,73+,74-,75+,76-,90-/m1/s1. The number of rotatable bonds is 32. The molecule has 2 bridgehead atoms. The van der Waals surface area contributed by atoms with Crippen molar-refractivity contribution < 1.29 is 91.2 Å². The van der Waals surface area contributed by atoms with Gasteiger partial charge in [0.25, 0.3) is 17.6 Å². The highest BCUT2D eigenvalue weighted by Crippen LogP contribution is 2.37. The van der Waals surface area contributed by atoms with Gasteiger partial charge in [0, 0.05) is 171 Å². The quantitative estimate of drug-likeness (QED) is 0.00911. The largest absolute Gasteiger partial charge is 0.460 e. The first-order valence-corrected chi connectivity index (χ1v) is 44.2. The van der Waals surface area contributed by atoms with Gasteiger partial charge in [-0.15, -0.1) is 0 Å². The SMILES string of the molecule is CO[C@H]1CC2CCC[C@@](O)(O2)C(=O)C(=O)N2CCCC[C@H]2C(=O)O[C@H](CC[C@@H]2CC[C@@H](OC(=O)NCc3cnc(N4CCN(c5ncc(C(=O)NCCOCCOCCOCCOCCC(=O)NCCCCn6nc(-c7cnc8[nH]ccc8c7)c7c(N)ncnc76)cn5)CC4)nc3)[C@H](OC)C2)CC(=O)[C@H](C)/C=C(\C)[C@@H](O)CC(=O)[C@H](C)C[C@H](C)/C=C/C=CC=C1C. The van der Waals surface area contributed by atoms with Crippen molar-refractivity contribution in [1.29, 1.82) is 0 Å². The number of methoxy groups -OCH3 is 2. The summed E-state index contributed by atoms with van der Waals surface area (Å²) in [6.07, 6.45) is 24.2. The number of carbonyl (C=O) groups excluding carboxylic acids is 8. The molecule has 6 aromatic rings. The van der Waals surface area contributed by atoms with Crippen LogP contribution in [0.15, 0.2) is 103 Å². The molecule has 6 aromatic heterocycles. The number of ketones is 3. The summed E-state index contributed by atoms with van der Waals surface area (Å²) in [6.45, 7) is 15.6. The number of nitrogens with two attached hydrogens (primary N) is 1. The summed E-state index contributed by atoms with van der Waals surface area (Å²) in [4.78, 5) is 149. The number of hydrogen-bond donors (Lipinski definition) is 7. The number of unbranched alkanes of at least 4 members (excludes halogenated alkanes) is 1. The molecule has 1 saturated carbocycles. The van der Waals surface area contributed by atoms with Gasteiger partial charge in [-0.2, -0.15) is 5.10 Å². The Morgan fingerprint density at radius 3 is 2.13 bits per heavy atom. The van der Waals surface area contributed by atoms with Crippen LogP contribution < -0.4 is 31.5 Å². The van der Waals surface area contributed by atoms with E-state index < -0.39 is 78.1 Å². The number of aliphatic hydroxyl groups excluding tert-OH is 1. The van der Waals surface area contributed by atoms with E-state index in [0.29, 0.717) is 194 Å². The predicted octanol–water partition coefficient (Wildman–Crippen LogP) is 7.95. The van der Waals surface area contributed by atoms with Crippen LogP contribution in [0, 0.1) is 23.7 Å². The zero-order valence-corrected chi connectivity index (χ0v) is 73.5. The van der Waals surface area contributed by atoms with Gasteiger partial charge in [0.1, 0.15) is 53.3 Å². The van der Waals surface area contributed by atoms with Crippen LogP contribution in [0.5, 0.6) is 0 Å². The first-order valence-electron chi connectivity index (χ1n) is 44.2. The fourth-order valence-corrected chi connectivity index (χ4v) is 16.5. The number of piperazine rings is 1. The summed E-state index contributed by atoms with van der Waals surface area (Å²) >= 11 is 0. The van der Waals surface area contributed by atoms with E-state index in [1.54, 1.807) is 52.7 Å². The number of aliphatic hydroxyl groups is 2. The molecule has 12 atom stereocenters. The van der Waals surface area contributed by atoms with Crippen molar-refractivity contribution in [2.75, 3.05) is 128 Å². The van der Waals surface area contributed by atoms with E-state index in [1.807, 2.05) is 84.0 Å².